The van der Waals surface area contributed by atoms with Crippen molar-refractivity contribution in [3.05, 3.63) is 71.2 Å². The van der Waals surface area contributed by atoms with E-state index < -0.39 is 5.91 Å². The van der Waals surface area contributed by atoms with Crippen LogP contribution in [0.15, 0.2) is 70.8 Å². The molecule has 148 valence electrons. The van der Waals surface area contributed by atoms with E-state index in [1.165, 1.54) is 11.8 Å². The smallest absolute Gasteiger partial charge is 0.248 e. The first-order chi connectivity index (χ1) is 14.0. The van der Waals surface area contributed by atoms with Gasteiger partial charge in [-0.2, -0.15) is 0 Å². The monoisotopic (exact) mass is 471 g/mol. The van der Waals surface area contributed by atoms with Gasteiger partial charge in [0, 0.05) is 27.8 Å². The van der Waals surface area contributed by atoms with Crippen LogP contribution in [0.4, 0.5) is 5.69 Å². The van der Waals surface area contributed by atoms with Gasteiger partial charge in [0.25, 0.3) is 0 Å². The average Bonchev–Trinajstić information content (AvgIpc) is 3.10. The second-order valence-electron chi connectivity index (χ2n) is 5.99. The SMILES string of the molecule is C=CCn1c(SCC(=O)Nc2ccc(C(N)=O)cc2)nnc1-c1ccc(Br)cc1. The summed E-state index contributed by atoms with van der Waals surface area (Å²) >= 11 is 4.71. The summed E-state index contributed by atoms with van der Waals surface area (Å²) in [7, 11) is 0. The maximum absolute atomic E-state index is 12.3. The van der Waals surface area contributed by atoms with Crippen molar-refractivity contribution < 1.29 is 9.59 Å². The normalized spacial score (nSPS) is 10.5. The van der Waals surface area contributed by atoms with Gasteiger partial charge >= 0.3 is 0 Å². The third-order valence-electron chi connectivity index (χ3n) is 3.92. The predicted molar refractivity (Wildman–Crippen MR) is 118 cm³/mol. The van der Waals surface area contributed by atoms with Crippen LogP contribution in [0.3, 0.4) is 0 Å². The molecule has 3 N–H and O–H groups in total. The molecule has 0 atom stereocenters. The van der Waals surface area contributed by atoms with E-state index in [-0.39, 0.29) is 11.7 Å². The molecule has 1 aromatic heterocycles. The van der Waals surface area contributed by atoms with E-state index in [0.29, 0.717) is 28.8 Å². The first-order valence-corrected chi connectivity index (χ1v) is 10.4. The zero-order chi connectivity index (χ0) is 20.8. The number of carbonyl (C=O) groups is 2. The summed E-state index contributed by atoms with van der Waals surface area (Å²) in [6.45, 7) is 4.32. The number of nitrogens with one attached hydrogen (secondary N) is 1. The highest BCUT2D eigenvalue weighted by Gasteiger charge is 2.15. The number of aromatic nitrogens is 3. The number of hydrogen-bond donors (Lipinski definition) is 2. The Labute approximate surface area is 180 Å². The Balaban J connectivity index is 1.68. The van der Waals surface area contributed by atoms with Crippen molar-refractivity contribution in [1.82, 2.24) is 14.8 Å². The molecule has 0 saturated heterocycles. The van der Waals surface area contributed by atoms with Gasteiger partial charge < -0.3 is 11.1 Å². The molecule has 0 aliphatic heterocycles. The molecular weight excluding hydrogens is 454 g/mol. The van der Waals surface area contributed by atoms with Crippen LogP contribution in [0.2, 0.25) is 0 Å². The Hall–Kier alpha value is -2.91. The van der Waals surface area contributed by atoms with Crippen molar-refractivity contribution in [2.45, 2.75) is 11.7 Å². The number of allylic oxidation sites excluding steroid dienone is 1. The summed E-state index contributed by atoms with van der Waals surface area (Å²) in [5.74, 6) is 0.164. The van der Waals surface area contributed by atoms with E-state index in [9.17, 15) is 9.59 Å². The van der Waals surface area contributed by atoms with Gasteiger partial charge in [0.15, 0.2) is 11.0 Å². The van der Waals surface area contributed by atoms with Gasteiger partial charge in [0.2, 0.25) is 11.8 Å². The minimum absolute atomic E-state index is 0.160. The number of anilines is 1. The minimum Gasteiger partial charge on any atom is -0.366 e. The van der Waals surface area contributed by atoms with Gasteiger partial charge in [-0.3, -0.25) is 14.2 Å². The maximum atomic E-state index is 12.3. The van der Waals surface area contributed by atoms with Crippen LogP contribution in [-0.4, -0.2) is 32.3 Å². The number of primary amides is 1. The van der Waals surface area contributed by atoms with Gasteiger partial charge in [-0.1, -0.05) is 45.9 Å². The molecule has 3 aromatic rings. The molecule has 0 radical (unpaired) electrons. The molecule has 2 aromatic carbocycles. The number of nitrogens with two attached hydrogens (primary N) is 1. The highest BCUT2D eigenvalue weighted by atomic mass is 79.9. The second-order valence-corrected chi connectivity index (χ2v) is 7.85. The Morgan fingerprint density at radius 1 is 1.14 bits per heavy atom. The number of halogens is 1. The Morgan fingerprint density at radius 3 is 2.45 bits per heavy atom. The molecule has 29 heavy (non-hydrogen) atoms. The fraction of sp³-hybridized carbons (Fsp3) is 0.100. The van der Waals surface area contributed by atoms with E-state index in [0.717, 1.165) is 10.0 Å². The predicted octanol–water partition coefficient (Wildman–Crippen LogP) is 3.72. The molecule has 0 saturated carbocycles. The lowest BCUT2D eigenvalue weighted by Crippen LogP contribution is -2.15. The number of rotatable bonds is 8. The number of carbonyl (C=O) groups excluding carboxylic acids is 2. The molecule has 0 aliphatic rings. The molecule has 0 unspecified atom stereocenters. The van der Waals surface area contributed by atoms with Crippen molar-refractivity contribution in [3.63, 3.8) is 0 Å². The zero-order valence-electron chi connectivity index (χ0n) is 15.3. The van der Waals surface area contributed by atoms with E-state index in [4.69, 9.17) is 5.73 Å². The topological polar surface area (TPSA) is 103 Å². The lowest BCUT2D eigenvalue weighted by Gasteiger charge is -2.08. The number of thioether (sulfide) groups is 1. The third-order valence-corrected chi connectivity index (χ3v) is 5.41. The van der Waals surface area contributed by atoms with Crippen LogP contribution in [0.25, 0.3) is 11.4 Å². The summed E-state index contributed by atoms with van der Waals surface area (Å²) < 4.78 is 2.89. The second kappa shape index (κ2) is 9.53. The van der Waals surface area contributed by atoms with Crippen LogP contribution < -0.4 is 11.1 Å². The number of nitrogens with zero attached hydrogens (tertiary/aromatic N) is 3. The Bertz CT molecular complexity index is 1030. The highest BCUT2D eigenvalue weighted by molar-refractivity contribution is 9.10. The van der Waals surface area contributed by atoms with E-state index in [2.05, 4.69) is 38.0 Å². The first-order valence-electron chi connectivity index (χ1n) is 8.60. The van der Waals surface area contributed by atoms with Gasteiger partial charge in [0.05, 0.1) is 5.75 Å². The summed E-state index contributed by atoms with van der Waals surface area (Å²) in [5.41, 5.74) is 7.11. The molecule has 3 rings (SSSR count). The van der Waals surface area contributed by atoms with Crippen molar-refractivity contribution in [1.29, 1.82) is 0 Å². The van der Waals surface area contributed by atoms with Crippen molar-refractivity contribution in [2.75, 3.05) is 11.1 Å². The summed E-state index contributed by atoms with van der Waals surface area (Å²) in [5, 5.41) is 11.9. The van der Waals surface area contributed by atoms with Crippen molar-refractivity contribution >= 4 is 45.2 Å². The highest BCUT2D eigenvalue weighted by Crippen LogP contribution is 2.25. The van der Waals surface area contributed by atoms with Gasteiger partial charge in [-0.15, -0.1) is 16.8 Å². The summed E-state index contributed by atoms with van der Waals surface area (Å²) in [6, 6.07) is 14.2. The lowest BCUT2D eigenvalue weighted by molar-refractivity contribution is -0.113. The van der Waals surface area contributed by atoms with Crippen LogP contribution in [0.5, 0.6) is 0 Å². The standard InChI is InChI=1S/C20H18BrN5O2S/c1-2-11-26-19(14-3-7-15(21)8-4-14)24-25-20(26)29-12-17(27)23-16-9-5-13(6-10-16)18(22)28/h2-10H,1,11-12H2,(H2,22,28)(H,23,27). The Morgan fingerprint density at radius 2 is 1.83 bits per heavy atom. The molecule has 1 heterocycles. The maximum Gasteiger partial charge on any atom is 0.248 e. The van der Waals surface area contributed by atoms with Gasteiger partial charge in [0.1, 0.15) is 0 Å². The van der Waals surface area contributed by atoms with Crippen molar-refractivity contribution in [2.24, 2.45) is 5.73 Å². The molecule has 0 bridgehead atoms. The van der Waals surface area contributed by atoms with Gasteiger partial charge in [-0.25, -0.2) is 0 Å². The van der Waals surface area contributed by atoms with E-state index in [1.807, 2.05) is 28.8 Å². The lowest BCUT2D eigenvalue weighted by atomic mass is 10.2. The van der Waals surface area contributed by atoms with Crippen LogP contribution in [-0.2, 0) is 11.3 Å². The average molecular weight is 472 g/mol. The fourth-order valence-corrected chi connectivity index (χ4v) is 3.56. The van der Waals surface area contributed by atoms with E-state index in [1.54, 1.807) is 30.3 Å². The van der Waals surface area contributed by atoms with Crippen LogP contribution in [0, 0.1) is 0 Å². The van der Waals surface area contributed by atoms with E-state index >= 15 is 0 Å². The van der Waals surface area contributed by atoms with Crippen molar-refractivity contribution in [3.8, 4) is 11.4 Å². The number of benzene rings is 2. The summed E-state index contributed by atoms with van der Waals surface area (Å²) in [4.78, 5) is 23.4. The quantitative estimate of drug-likeness (QED) is 0.384. The molecule has 7 nitrogen and oxygen atoms in total. The minimum atomic E-state index is -0.512. The largest absolute Gasteiger partial charge is 0.366 e. The Kier molecular flexibility index (Phi) is 6.84. The molecular formula is C20H18BrN5O2S. The van der Waals surface area contributed by atoms with Crippen LogP contribution in [0.1, 0.15) is 10.4 Å². The fourth-order valence-electron chi connectivity index (χ4n) is 2.55. The first kappa shape index (κ1) is 20.8. The molecule has 0 fully saturated rings. The molecule has 9 heteroatoms. The molecule has 0 aliphatic carbocycles. The van der Waals surface area contributed by atoms with Crippen LogP contribution >= 0.6 is 27.7 Å². The molecule has 2 amide bonds. The third kappa shape index (κ3) is 5.33. The summed E-state index contributed by atoms with van der Waals surface area (Å²) in [6.07, 6.45) is 1.76. The number of amides is 2. The van der Waals surface area contributed by atoms with Gasteiger partial charge in [-0.05, 0) is 36.4 Å². The zero-order valence-corrected chi connectivity index (χ0v) is 17.7. The number of hydrogen-bond acceptors (Lipinski definition) is 5. The molecule has 0 spiro atoms.